The second kappa shape index (κ2) is 7.72. The van der Waals surface area contributed by atoms with Gasteiger partial charge in [-0.1, -0.05) is 36.2 Å². The van der Waals surface area contributed by atoms with E-state index in [0.717, 1.165) is 41.0 Å². The second-order valence-electron chi connectivity index (χ2n) is 6.75. The van der Waals surface area contributed by atoms with Crippen LogP contribution in [0.15, 0.2) is 53.9 Å². The lowest BCUT2D eigenvalue weighted by Gasteiger charge is -2.35. The van der Waals surface area contributed by atoms with E-state index >= 15 is 0 Å². The Bertz CT molecular complexity index is 939. The van der Waals surface area contributed by atoms with Crippen LogP contribution in [-0.2, 0) is 21.0 Å². The average Bonchev–Trinajstić information content (AvgIpc) is 2.81. The molecule has 6 heteroatoms. The summed E-state index contributed by atoms with van der Waals surface area (Å²) in [5.74, 6) is 0. The van der Waals surface area contributed by atoms with Crippen molar-refractivity contribution in [1.82, 2.24) is 0 Å². The van der Waals surface area contributed by atoms with Crippen molar-refractivity contribution in [2.45, 2.75) is 41.7 Å². The zero-order valence-electron chi connectivity index (χ0n) is 14.5. The van der Waals surface area contributed by atoms with E-state index in [2.05, 4.69) is 25.1 Å². The van der Waals surface area contributed by atoms with Crippen LogP contribution in [0.5, 0.6) is 0 Å². The molecule has 0 radical (unpaired) electrons. The fourth-order valence-electron chi connectivity index (χ4n) is 3.98. The van der Waals surface area contributed by atoms with Gasteiger partial charge in [0.2, 0.25) is 0 Å². The fourth-order valence-corrected chi connectivity index (χ4v) is 7.35. The van der Waals surface area contributed by atoms with Crippen LogP contribution in [0.25, 0.3) is 0 Å². The minimum Gasteiger partial charge on any atom is -0.223 e. The molecule has 3 unspecified atom stereocenters. The molecule has 2 aromatic carbocycles. The fraction of sp³-hybridized carbons (Fsp3) is 0.300. The molecule has 0 aromatic heterocycles. The van der Waals surface area contributed by atoms with E-state index in [1.807, 2.05) is 12.1 Å². The van der Waals surface area contributed by atoms with Crippen molar-refractivity contribution < 1.29 is 8.42 Å². The molecule has 2 aromatic rings. The molecule has 0 heterocycles. The second-order valence-corrected chi connectivity index (χ2v) is 10.7. The van der Waals surface area contributed by atoms with Gasteiger partial charge in [-0.25, -0.2) is 8.42 Å². The number of rotatable bonds is 4. The van der Waals surface area contributed by atoms with Gasteiger partial charge in [0, 0.05) is 5.02 Å². The van der Waals surface area contributed by atoms with E-state index in [4.69, 9.17) is 11.6 Å². The SMILES string of the molecule is C=CCC1(S(=O)(=O)c2ccc(Cl)cc2)CCCCc2c(P)ccc(P)c21. The van der Waals surface area contributed by atoms with Crippen molar-refractivity contribution >= 4 is 50.5 Å². The average molecular weight is 425 g/mol. The van der Waals surface area contributed by atoms with Crippen LogP contribution in [0.2, 0.25) is 5.02 Å². The standard InChI is InChI=1S/C20H23ClO2P2S/c1-2-12-20(26(22,23)15-8-6-14(21)7-9-15)13-4-3-5-16-17(24)10-11-18(25)19(16)20/h2,6-11H,1,3-5,12-13,24-25H2. The third kappa shape index (κ3) is 3.29. The molecule has 2 nitrogen and oxygen atoms in total. The molecule has 0 amide bonds. The third-order valence-electron chi connectivity index (χ3n) is 5.21. The monoisotopic (exact) mass is 424 g/mol. The molecular formula is C20H23ClO2P2S. The van der Waals surface area contributed by atoms with Crippen LogP contribution in [0.3, 0.4) is 0 Å². The molecule has 0 bridgehead atoms. The van der Waals surface area contributed by atoms with Crippen molar-refractivity contribution in [2.24, 2.45) is 0 Å². The van der Waals surface area contributed by atoms with Gasteiger partial charge in [0.05, 0.1) is 4.90 Å². The Morgan fingerprint density at radius 1 is 1.08 bits per heavy atom. The smallest absolute Gasteiger partial charge is 0.188 e. The first-order valence-electron chi connectivity index (χ1n) is 8.62. The van der Waals surface area contributed by atoms with Crippen molar-refractivity contribution in [3.8, 4) is 0 Å². The van der Waals surface area contributed by atoms with Gasteiger partial charge in [-0.3, -0.25) is 0 Å². The number of hydrogen-bond donors (Lipinski definition) is 0. The van der Waals surface area contributed by atoms with Crippen LogP contribution in [0, 0.1) is 0 Å². The maximum absolute atomic E-state index is 13.9. The molecule has 0 saturated heterocycles. The van der Waals surface area contributed by atoms with Crippen LogP contribution >= 0.6 is 30.1 Å². The lowest BCUT2D eigenvalue weighted by Crippen LogP contribution is -2.40. The maximum atomic E-state index is 13.9. The number of fused-ring (bicyclic) bond motifs is 1. The molecule has 1 aliphatic carbocycles. The summed E-state index contributed by atoms with van der Waals surface area (Å²) in [6.07, 6.45) is 5.46. The summed E-state index contributed by atoms with van der Waals surface area (Å²) >= 11 is 5.98. The van der Waals surface area contributed by atoms with Crippen LogP contribution < -0.4 is 10.6 Å². The minimum absolute atomic E-state index is 0.315. The number of benzene rings is 2. The van der Waals surface area contributed by atoms with E-state index in [1.165, 1.54) is 0 Å². The first-order chi connectivity index (χ1) is 12.3. The molecule has 0 fully saturated rings. The van der Waals surface area contributed by atoms with Gasteiger partial charge in [-0.05, 0) is 71.7 Å². The normalized spacial score (nSPS) is 20.3. The van der Waals surface area contributed by atoms with Gasteiger partial charge in [0.15, 0.2) is 9.84 Å². The van der Waals surface area contributed by atoms with Gasteiger partial charge in [-0.15, -0.1) is 25.1 Å². The zero-order valence-corrected chi connectivity index (χ0v) is 18.4. The molecule has 0 aliphatic heterocycles. The highest BCUT2D eigenvalue weighted by atomic mass is 35.5. The number of sulfone groups is 1. The summed E-state index contributed by atoms with van der Waals surface area (Å²) in [6, 6.07) is 10.5. The molecule has 1 aliphatic rings. The highest BCUT2D eigenvalue weighted by Crippen LogP contribution is 2.46. The van der Waals surface area contributed by atoms with Gasteiger partial charge in [0.1, 0.15) is 4.75 Å². The van der Waals surface area contributed by atoms with Crippen molar-refractivity contribution in [3.05, 3.63) is 65.2 Å². The molecule has 0 N–H and O–H groups in total. The van der Waals surface area contributed by atoms with E-state index < -0.39 is 14.6 Å². The summed E-state index contributed by atoms with van der Waals surface area (Å²) in [5, 5.41) is 2.56. The summed E-state index contributed by atoms with van der Waals surface area (Å²) in [7, 11) is 1.88. The molecule has 138 valence electrons. The first kappa shape index (κ1) is 20.0. The first-order valence-corrected chi connectivity index (χ1v) is 11.6. The van der Waals surface area contributed by atoms with Gasteiger partial charge in [0.25, 0.3) is 0 Å². The molecule has 3 atom stereocenters. The molecule has 26 heavy (non-hydrogen) atoms. The summed E-state index contributed by atoms with van der Waals surface area (Å²) < 4.78 is 26.8. The Balaban J connectivity index is 2.35. The summed E-state index contributed by atoms with van der Waals surface area (Å²) in [6.45, 7) is 3.88. The Morgan fingerprint density at radius 2 is 1.73 bits per heavy atom. The van der Waals surface area contributed by atoms with E-state index in [1.54, 1.807) is 30.3 Å². The topological polar surface area (TPSA) is 34.1 Å². The Labute approximate surface area is 165 Å². The van der Waals surface area contributed by atoms with E-state index in [0.29, 0.717) is 22.8 Å². The van der Waals surface area contributed by atoms with Crippen LogP contribution in [0.4, 0.5) is 0 Å². The molecule has 0 saturated carbocycles. The minimum atomic E-state index is -3.63. The quantitative estimate of drug-likeness (QED) is 0.416. The molecular weight excluding hydrogens is 402 g/mol. The Hall–Kier alpha value is -0.720. The van der Waals surface area contributed by atoms with Crippen molar-refractivity contribution in [1.29, 1.82) is 0 Å². The predicted octanol–water partition coefficient (Wildman–Crippen LogP) is 4.31. The lowest BCUT2D eigenvalue weighted by molar-refractivity contribution is 0.486. The van der Waals surface area contributed by atoms with Crippen LogP contribution in [0.1, 0.15) is 36.8 Å². The summed E-state index contributed by atoms with van der Waals surface area (Å²) in [4.78, 5) is 0.315. The van der Waals surface area contributed by atoms with Gasteiger partial charge >= 0.3 is 0 Å². The molecule has 0 spiro atoms. The van der Waals surface area contributed by atoms with Crippen molar-refractivity contribution in [2.75, 3.05) is 0 Å². The van der Waals surface area contributed by atoms with Crippen molar-refractivity contribution in [3.63, 3.8) is 0 Å². The molecule has 3 rings (SSSR count). The number of halogens is 1. The maximum Gasteiger partial charge on any atom is 0.188 e. The summed E-state index contributed by atoms with van der Waals surface area (Å²) in [5.41, 5.74) is 2.07. The predicted molar refractivity (Wildman–Crippen MR) is 118 cm³/mol. The van der Waals surface area contributed by atoms with E-state index in [9.17, 15) is 8.42 Å². The third-order valence-corrected chi connectivity index (χ3v) is 8.98. The Kier molecular flexibility index (Phi) is 5.95. The Morgan fingerprint density at radius 3 is 2.38 bits per heavy atom. The number of hydrogen-bond acceptors (Lipinski definition) is 2. The largest absolute Gasteiger partial charge is 0.223 e. The van der Waals surface area contributed by atoms with E-state index in [-0.39, 0.29) is 0 Å². The highest BCUT2D eigenvalue weighted by Gasteiger charge is 2.48. The van der Waals surface area contributed by atoms with Gasteiger partial charge in [-0.2, -0.15) is 0 Å². The number of allylic oxidation sites excluding steroid dienone is 1. The highest BCUT2D eigenvalue weighted by molar-refractivity contribution is 7.92. The van der Waals surface area contributed by atoms with Crippen LogP contribution in [-0.4, -0.2) is 8.42 Å². The zero-order chi connectivity index (χ0) is 18.9. The lowest BCUT2D eigenvalue weighted by atomic mass is 9.88. The van der Waals surface area contributed by atoms with Gasteiger partial charge < -0.3 is 0 Å².